The van der Waals surface area contributed by atoms with Gasteiger partial charge in [-0.1, -0.05) is 43.2 Å². The smallest absolute Gasteiger partial charge is 0.246 e. The standard InChI is InChI=1S/C25H31N3O3/c29-23(13-12-20-7-2-1-3-8-20)27-14-16-28(17-15-27)24(21-9-4-5-10-21)25(30)26-19-22-11-6-18-31-22/h1-3,6-8,11-13,18,21,24H,4-5,9-10,14-17,19H2,(H,26,30)/b13-12+/t24-/m1/s1. The van der Waals surface area contributed by atoms with Crippen LogP contribution in [0.2, 0.25) is 0 Å². The zero-order valence-corrected chi connectivity index (χ0v) is 17.9. The molecule has 1 aliphatic carbocycles. The molecule has 1 saturated heterocycles. The summed E-state index contributed by atoms with van der Waals surface area (Å²) < 4.78 is 5.35. The molecule has 2 aromatic rings. The first-order valence-corrected chi connectivity index (χ1v) is 11.3. The van der Waals surface area contributed by atoms with E-state index in [4.69, 9.17) is 4.42 Å². The van der Waals surface area contributed by atoms with Crippen LogP contribution in [-0.2, 0) is 16.1 Å². The number of nitrogens with one attached hydrogen (secondary N) is 1. The van der Waals surface area contributed by atoms with E-state index in [2.05, 4.69) is 10.2 Å². The van der Waals surface area contributed by atoms with Crippen molar-refractivity contribution in [1.82, 2.24) is 15.1 Å². The van der Waals surface area contributed by atoms with Crippen molar-refractivity contribution in [3.63, 3.8) is 0 Å². The Hall–Kier alpha value is -2.86. The minimum absolute atomic E-state index is 0.0307. The first kappa shape index (κ1) is 21.4. The summed E-state index contributed by atoms with van der Waals surface area (Å²) in [6.45, 7) is 3.15. The number of hydrogen-bond donors (Lipinski definition) is 1. The van der Waals surface area contributed by atoms with Crippen molar-refractivity contribution in [2.75, 3.05) is 26.2 Å². The van der Waals surface area contributed by atoms with Gasteiger partial charge in [-0.25, -0.2) is 0 Å². The van der Waals surface area contributed by atoms with E-state index in [-0.39, 0.29) is 17.9 Å². The average Bonchev–Trinajstić information content (AvgIpc) is 3.52. The molecule has 4 rings (SSSR count). The maximum absolute atomic E-state index is 13.1. The number of carbonyl (C=O) groups excluding carboxylic acids is 2. The molecule has 1 saturated carbocycles. The number of rotatable bonds is 7. The Morgan fingerprint density at radius 1 is 1.03 bits per heavy atom. The lowest BCUT2D eigenvalue weighted by Gasteiger charge is -2.40. The molecule has 1 atom stereocenters. The summed E-state index contributed by atoms with van der Waals surface area (Å²) in [5, 5.41) is 3.07. The molecule has 2 aliphatic rings. The fourth-order valence-electron chi connectivity index (χ4n) is 4.70. The van der Waals surface area contributed by atoms with Crippen LogP contribution in [0.4, 0.5) is 0 Å². The van der Waals surface area contributed by atoms with Gasteiger partial charge in [-0.15, -0.1) is 0 Å². The highest BCUT2D eigenvalue weighted by Gasteiger charge is 2.37. The van der Waals surface area contributed by atoms with Gasteiger partial charge in [0.15, 0.2) is 0 Å². The topological polar surface area (TPSA) is 65.8 Å². The molecule has 6 heteroatoms. The van der Waals surface area contributed by atoms with E-state index < -0.39 is 0 Å². The maximum Gasteiger partial charge on any atom is 0.246 e. The Balaban J connectivity index is 1.34. The van der Waals surface area contributed by atoms with Crippen molar-refractivity contribution in [2.45, 2.75) is 38.3 Å². The molecule has 31 heavy (non-hydrogen) atoms. The molecule has 0 bridgehead atoms. The van der Waals surface area contributed by atoms with E-state index in [1.165, 1.54) is 12.8 Å². The van der Waals surface area contributed by atoms with Gasteiger partial charge in [0, 0.05) is 32.3 Å². The minimum Gasteiger partial charge on any atom is -0.467 e. The summed E-state index contributed by atoms with van der Waals surface area (Å²) in [7, 11) is 0. The maximum atomic E-state index is 13.1. The van der Waals surface area contributed by atoms with E-state index in [1.807, 2.05) is 53.4 Å². The van der Waals surface area contributed by atoms with Gasteiger partial charge in [0.1, 0.15) is 5.76 Å². The quantitative estimate of drug-likeness (QED) is 0.697. The lowest BCUT2D eigenvalue weighted by molar-refractivity contribution is -0.132. The van der Waals surface area contributed by atoms with E-state index in [0.29, 0.717) is 25.6 Å². The molecule has 2 amide bonds. The molecule has 2 fully saturated rings. The Kier molecular flexibility index (Phi) is 7.20. The number of carbonyl (C=O) groups is 2. The lowest BCUT2D eigenvalue weighted by atomic mass is 9.95. The van der Waals surface area contributed by atoms with Crippen molar-refractivity contribution >= 4 is 17.9 Å². The Bertz CT molecular complexity index is 865. The van der Waals surface area contributed by atoms with E-state index in [1.54, 1.807) is 12.3 Å². The molecule has 164 valence electrons. The SMILES string of the molecule is O=C(NCc1ccco1)[C@@H](C1CCCC1)N1CCN(C(=O)/C=C/c2ccccc2)CC1. The molecule has 1 N–H and O–H groups in total. The van der Waals surface area contributed by atoms with E-state index in [0.717, 1.165) is 37.3 Å². The van der Waals surface area contributed by atoms with Gasteiger partial charge in [0.25, 0.3) is 0 Å². The second-order valence-corrected chi connectivity index (χ2v) is 8.39. The van der Waals surface area contributed by atoms with Crippen LogP contribution in [0, 0.1) is 5.92 Å². The second kappa shape index (κ2) is 10.4. The third-order valence-corrected chi connectivity index (χ3v) is 6.37. The van der Waals surface area contributed by atoms with Crippen molar-refractivity contribution in [3.05, 3.63) is 66.1 Å². The number of amides is 2. The highest BCUT2D eigenvalue weighted by atomic mass is 16.3. The van der Waals surface area contributed by atoms with Crippen LogP contribution in [0.15, 0.2) is 59.2 Å². The van der Waals surface area contributed by atoms with Crippen molar-refractivity contribution in [2.24, 2.45) is 5.92 Å². The van der Waals surface area contributed by atoms with Crippen LogP contribution in [0.25, 0.3) is 6.08 Å². The highest BCUT2D eigenvalue weighted by molar-refractivity contribution is 5.91. The fourth-order valence-corrected chi connectivity index (χ4v) is 4.70. The molecule has 1 aromatic carbocycles. The van der Waals surface area contributed by atoms with Crippen molar-refractivity contribution < 1.29 is 14.0 Å². The normalized spacial score (nSPS) is 19.0. The van der Waals surface area contributed by atoms with E-state index in [9.17, 15) is 9.59 Å². The highest BCUT2D eigenvalue weighted by Crippen LogP contribution is 2.31. The van der Waals surface area contributed by atoms with E-state index >= 15 is 0 Å². The Morgan fingerprint density at radius 3 is 2.45 bits per heavy atom. The Morgan fingerprint density at radius 2 is 1.77 bits per heavy atom. The lowest BCUT2D eigenvalue weighted by Crippen LogP contribution is -2.57. The Labute approximate surface area is 183 Å². The number of hydrogen-bond acceptors (Lipinski definition) is 4. The monoisotopic (exact) mass is 421 g/mol. The number of furan rings is 1. The molecule has 1 aliphatic heterocycles. The van der Waals surface area contributed by atoms with Gasteiger partial charge in [-0.05, 0) is 42.5 Å². The number of benzene rings is 1. The first-order valence-electron chi connectivity index (χ1n) is 11.3. The average molecular weight is 422 g/mol. The van der Waals surface area contributed by atoms with Crippen LogP contribution < -0.4 is 5.32 Å². The predicted octanol–water partition coefficient (Wildman–Crippen LogP) is 3.31. The van der Waals surface area contributed by atoms with Gasteiger partial charge in [0.2, 0.25) is 11.8 Å². The van der Waals surface area contributed by atoms with Crippen LogP contribution >= 0.6 is 0 Å². The number of nitrogens with zero attached hydrogens (tertiary/aromatic N) is 2. The summed E-state index contributed by atoms with van der Waals surface area (Å²) in [5.74, 6) is 1.26. The van der Waals surface area contributed by atoms with Crippen LogP contribution in [0.3, 0.4) is 0 Å². The van der Waals surface area contributed by atoms with Gasteiger partial charge in [-0.2, -0.15) is 0 Å². The second-order valence-electron chi connectivity index (χ2n) is 8.39. The molecule has 0 spiro atoms. The van der Waals surface area contributed by atoms with Crippen molar-refractivity contribution in [1.29, 1.82) is 0 Å². The third-order valence-electron chi connectivity index (χ3n) is 6.37. The van der Waals surface area contributed by atoms with Gasteiger partial charge in [-0.3, -0.25) is 14.5 Å². The molecule has 1 aromatic heterocycles. The summed E-state index contributed by atoms with van der Waals surface area (Å²) in [6.07, 6.45) is 9.70. The van der Waals surface area contributed by atoms with Gasteiger partial charge < -0.3 is 14.6 Å². The largest absolute Gasteiger partial charge is 0.467 e. The summed E-state index contributed by atoms with van der Waals surface area (Å²) in [5.41, 5.74) is 1.02. The van der Waals surface area contributed by atoms with Crippen LogP contribution in [0.5, 0.6) is 0 Å². The summed E-state index contributed by atoms with van der Waals surface area (Å²) in [4.78, 5) is 29.9. The predicted molar refractivity (Wildman–Crippen MR) is 120 cm³/mol. The molecule has 6 nitrogen and oxygen atoms in total. The fraction of sp³-hybridized carbons (Fsp3) is 0.440. The third kappa shape index (κ3) is 5.64. The molecule has 0 unspecified atom stereocenters. The van der Waals surface area contributed by atoms with Crippen LogP contribution in [-0.4, -0.2) is 53.8 Å². The van der Waals surface area contributed by atoms with Gasteiger partial charge >= 0.3 is 0 Å². The molecule has 2 heterocycles. The zero-order valence-electron chi connectivity index (χ0n) is 17.9. The minimum atomic E-state index is -0.130. The summed E-state index contributed by atoms with van der Waals surface area (Å²) >= 11 is 0. The first-order chi connectivity index (χ1) is 15.2. The molecule has 0 radical (unpaired) electrons. The number of piperazine rings is 1. The zero-order chi connectivity index (χ0) is 21.5. The van der Waals surface area contributed by atoms with Gasteiger partial charge in [0.05, 0.1) is 18.8 Å². The van der Waals surface area contributed by atoms with Crippen molar-refractivity contribution in [3.8, 4) is 0 Å². The molecular weight excluding hydrogens is 390 g/mol. The molecular formula is C25H31N3O3. The summed E-state index contributed by atoms with van der Waals surface area (Å²) in [6, 6.07) is 13.4. The van der Waals surface area contributed by atoms with Crippen LogP contribution in [0.1, 0.15) is 37.0 Å².